The van der Waals surface area contributed by atoms with Crippen LogP contribution in [0.15, 0.2) is 66.7 Å². The molecule has 0 bridgehead atoms. The lowest BCUT2D eigenvalue weighted by atomic mass is 10.1. The highest BCUT2D eigenvalue weighted by atomic mass is 16.5. The Labute approximate surface area is 194 Å². The first-order valence-electron chi connectivity index (χ1n) is 10.5. The van der Waals surface area contributed by atoms with Crippen LogP contribution < -0.4 is 20.1 Å². The molecule has 0 radical (unpaired) electrons. The van der Waals surface area contributed by atoms with Crippen molar-refractivity contribution in [2.45, 2.75) is 13.1 Å². The van der Waals surface area contributed by atoms with E-state index in [1.54, 1.807) is 43.5 Å². The van der Waals surface area contributed by atoms with Crippen molar-refractivity contribution < 1.29 is 19.1 Å². The molecule has 33 heavy (non-hydrogen) atoms. The third-order valence-electron chi connectivity index (χ3n) is 5.01. The van der Waals surface area contributed by atoms with Gasteiger partial charge in [-0.2, -0.15) is 0 Å². The number of nitrogens with one attached hydrogen (secondary N) is 2. The van der Waals surface area contributed by atoms with E-state index in [1.807, 2.05) is 44.4 Å². The van der Waals surface area contributed by atoms with Crippen LogP contribution in [-0.2, 0) is 13.1 Å². The Balaban J connectivity index is 1.62. The van der Waals surface area contributed by atoms with Gasteiger partial charge >= 0.3 is 0 Å². The Bertz CT molecular complexity index is 1110. The Morgan fingerprint density at radius 1 is 0.848 bits per heavy atom. The molecule has 0 atom stereocenters. The number of carbonyl (C=O) groups excluding carboxylic acids is 2. The smallest absolute Gasteiger partial charge is 0.255 e. The summed E-state index contributed by atoms with van der Waals surface area (Å²) in [5.41, 5.74) is 3.63. The molecule has 7 heteroatoms. The average molecular weight is 448 g/mol. The quantitative estimate of drug-likeness (QED) is 0.519. The molecule has 0 heterocycles. The maximum absolute atomic E-state index is 12.7. The molecule has 3 aromatic rings. The van der Waals surface area contributed by atoms with E-state index in [9.17, 15) is 9.59 Å². The molecule has 0 unspecified atom stereocenters. The van der Waals surface area contributed by atoms with E-state index in [1.165, 1.54) is 12.7 Å². The fraction of sp³-hybridized carbons (Fsp3) is 0.231. The molecule has 3 rings (SSSR count). The molecule has 0 aliphatic heterocycles. The van der Waals surface area contributed by atoms with Crippen molar-refractivity contribution in [2.24, 2.45) is 0 Å². The number of rotatable bonds is 9. The molecule has 0 saturated carbocycles. The molecule has 0 aliphatic carbocycles. The Kier molecular flexibility index (Phi) is 8.05. The molecule has 0 fully saturated rings. The van der Waals surface area contributed by atoms with Crippen LogP contribution in [0.2, 0.25) is 0 Å². The van der Waals surface area contributed by atoms with Gasteiger partial charge in [-0.25, -0.2) is 0 Å². The first-order chi connectivity index (χ1) is 15.9. The summed E-state index contributed by atoms with van der Waals surface area (Å²) in [6.45, 7) is 1.11. The zero-order valence-corrected chi connectivity index (χ0v) is 19.3. The highest BCUT2D eigenvalue weighted by Crippen LogP contribution is 2.24. The van der Waals surface area contributed by atoms with Crippen molar-refractivity contribution in [1.29, 1.82) is 0 Å². The number of hydrogen-bond acceptors (Lipinski definition) is 5. The maximum Gasteiger partial charge on any atom is 0.255 e. The minimum atomic E-state index is -0.276. The molecular formula is C26H29N3O4. The van der Waals surface area contributed by atoms with Crippen LogP contribution >= 0.6 is 0 Å². The Hall–Kier alpha value is -3.84. The van der Waals surface area contributed by atoms with Crippen molar-refractivity contribution >= 4 is 17.5 Å². The second kappa shape index (κ2) is 11.2. The number of benzene rings is 3. The number of hydrogen-bond donors (Lipinski definition) is 2. The maximum atomic E-state index is 12.7. The zero-order valence-electron chi connectivity index (χ0n) is 19.3. The second-order valence-corrected chi connectivity index (χ2v) is 7.84. The lowest BCUT2D eigenvalue weighted by molar-refractivity contribution is 0.0947. The predicted octanol–water partition coefficient (Wildman–Crippen LogP) is 3.95. The van der Waals surface area contributed by atoms with Gasteiger partial charge in [0.05, 0.1) is 19.8 Å². The predicted molar refractivity (Wildman–Crippen MR) is 129 cm³/mol. The SMILES string of the molecule is COc1ccc(C(=O)NCc2cccc(C(=O)Nc3ccc(CN(C)C)cc3)c2)c(OC)c1. The lowest BCUT2D eigenvalue weighted by Crippen LogP contribution is -2.23. The van der Waals surface area contributed by atoms with E-state index < -0.39 is 0 Å². The van der Waals surface area contributed by atoms with Crippen molar-refractivity contribution in [3.63, 3.8) is 0 Å². The topological polar surface area (TPSA) is 79.9 Å². The van der Waals surface area contributed by atoms with Crippen LogP contribution in [0.5, 0.6) is 11.5 Å². The van der Waals surface area contributed by atoms with E-state index in [4.69, 9.17) is 9.47 Å². The standard InChI is InChI=1S/C26H29N3O4/c1-29(2)17-18-8-10-21(11-9-18)28-25(30)20-7-5-6-19(14-20)16-27-26(31)23-13-12-22(32-3)15-24(23)33-4/h5-15H,16-17H2,1-4H3,(H,27,31)(H,28,30). The molecule has 0 aromatic heterocycles. The number of amides is 2. The monoisotopic (exact) mass is 447 g/mol. The molecule has 0 spiro atoms. The number of nitrogens with zero attached hydrogens (tertiary/aromatic N) is 1. The average Bonchev–Trinajstić information content (AvgIpc) is 2.83. The summed E-state index contributed by atoms with van der Waals surface area (Å²) in [7, 11) is 7.08. The van der Waals surface area contributed by atoms with E-state index in [-0.39, 0.29) is 18.4 Å². The normalized spacial score (nSPS) is 10.6. The zero-order chi connectivity index (χ0) is 23.8. The van der Waals surface area contributed by atoms with Gasteiger partial charge in [0.25, 0.3) is 11.8 Å². The van der Waals surface area contributed by atoms with Crippen LogP contribution in [0.25, 0.3) is 0 Å². The van der Waals surface area contributed by atoms with Crippen LogP contribution in [-0.4, -0.2) is 45.0 Å². The largest absolute Gasteiger partial charge is 0.497 e. The molecule has 7 nitrogen and oxygen atoms in total. The molecular weight excluding hydrogens is 418 g/mol. The summed E-state index contributed by atoms with van der Waals surface area (Å²) in [6.07, 6.45) is 0. The van der Waals surface area contributed by atoms with Gasteiger partial charge in [0.2, 0.25) is 0 Å². The highest BCUT2D eigenvalue weighted by molar-refractivity contribution is 6.04. The number of carbonyl (C=O) groups is 2. The summed E-state index contributed by atoms with van der Waals surface area (Å²) in [5.74, 6) is 0.550. The van der Waals surface area contributed by atoms with Crippen molar-refractivity contribution in [1.82, 2.24) is 10.2 Å². The van der Waals surface area contributed by atoms with E-state index in [2.05, 4.69) is 15.5 Å². The fourth-order valence-electron chi connectivity index (χ4n) is 3.35. The van der Waals surface area contributed by atoms with Crippen molar-refractivity contribution in [3.8, 4) is 11.5 Å². The number of ether oxygens (including phenoxy) is 2. The van der Waals surface area contributed by atoms with Gasteiger partial charge in [0.1, 0.15) is 11.5 Å². The van der Waals surface area contributed by atoms with E-state index in [0.717, 1.165) is 17.8 Å². The summed E-state index contributed by atoms with van der Waals surface area (Å²) < 4.78 is 10.5. The van der Waals surface area contributed by atoms with Gasteiger partial charge in [0.15, 0.2) is 0 Å². The molecule has 3 aromatic carbocycles. The van der Waals surface area contributed by atoms with Crippen LogP contribution in [0, 0.1) is 0 Å². The van der Waals surface area contributed by atoms with Crippen LogP contribution in [0.3, 0.4) is 0 Å². The third kappa shape index (κ3) is 6.57. The van der Waals surface area contributed by atoms with Gasteiger partial charge in [-0.15, -0.1) is 0 Å². The molecule has 2 N–H and O–H groups in total. The minimum Gasteiger partial charge on any atom is -0.497 e. The summed E-state index contributed by atoms with van der Waals surface area (Å²) >= 11 is 0. The first-order valence-corrected chi connectivity index (χ1v) is 10.5. The van der Waals surface area contributed by atoms with Gasteiger partial charge in [-0.3, -0.25) is 9.59 Å². The molecule has 0 aliphatic rings. The lowest BCUT2D eigenvalue weighted by Gasteiger charge is -2.12. The second-order valence-electron chi connectivity index (χ2n) is 7.84. The minimum absolute atomic E-state index is 0.208. The summed E-state index contributed by atoms with van der Waals surface area (Å²) in [4.78, 5) is 27.4. The third-order valence-corrected chi connectivity index (χ3v) is 5.01. The Morgan fingerprint density at radius 3 is 2.27 bits per heavy atom. The van der Waals surface area contributed by atoms with Crippen molar-refractivity contribution in [2.75, 3.05) is 33.6 Å². The Morgan fingerprint density at radius 2 is 1.61 bits per heavy atom. The number of methoxy groups -OCH3 is 2. The van der Waals surface area contributed by atoms with E-state index >= 15 is 0 Å². The molecule has 0 saturated heterocycles. The fourth-order valence-corrected chi connectivity index (χ4v) is 3.35. The first kappa shape index (κ1) is 23.8. The highest BCUT2D eigenvalue weighted by Gasteiger charge is 2.14. The van der Waals surface area contributed by atoms with Gasteiger partial charge in [-0.1, -0.05) is 24.3 Å². The van der Waals surface area contributed by atoms with Crippen molar-refractivity contribution in [3.05, 3.63) is 89.0 Å². The van der Waals surface area contributed by atoms with Crippen LogP contribution in [0.4, 0.5) is 5.69 Å². The molecule has 2 amide bonds. The van der Waals surface area contributed by atoms with Gasteiger partial charge in [0, 0.05) is 30.4 Å². The summed E-state index contributed by atoms with van der Waals surface area (Å²) in [5, 5.41) is 5.78. The summed E-state index contributed by atoms with van der Waals surface area (Å²) in [6, 6.07) is 20.0. The molecule has 172 valence electrons. The van der Waals surface area contributed by atoms with Gasteiger partial charge in [-0.05, 0) is 61.6 Å². The van der Waals surface area contributed by atoms with Crippen LogP contribution in [0.1, 0.15) is 31.8 Å². The number of anilines is 1. The van der Waals surface area contributed by atoms with E-state index in [0.29, 0.717) is 22.6 Å². The van der Waals surface area contributed by atoms with Gasteiger partial charge < -0.3 is 25.0 Å².